The maximum absolute atomic E-state index is 11.0. The van der Waals surface area contributed by atoms with Crippen LogP contribution in [0.2, 0.25) is 0 Å². The lowest BCUT2D eigenvalue weighted by atomic mass is 10.2. The van der Waals surface area contributed by atoms with E-state index in [0.717, 1.165) is 0 Å². The quantitative estimate of drug-likeness (QED) is 0.381. The summed E-state index contributed by atoms with van der Waals surface area (Å²) in [5.41, 5.74) is -0.384. The van der Waals surface area contributed by atoms with Crippen LogP contribution in [-0.2, 0) is 19.1 Å². The van der Waals surface area contributed by atoms with Crippen molar-refractivity contribution < 1.29 is 19.1 Å². The van der Waals surface area contributed by atoms with Crippen molar-refractivity contribution in [3.8, 4) is 0 Å². The highest BCUT2D eigenvalue weighted by molar-refractivity contribution is 5.76. The van der Waals surface area contributed by atoms with Gasteiger partial charge in [0.1, 0.15) is 0 Å². The monoisotopic (exact) mass is 201 g/mol. The van der Waals surface area contributed by atoms with E-state index < -0.39 is 12.0 Å². The van der Waals surface area contributed by atoms with E-state index in [4.69, 9.17) is 4.74 Å². The van der Waals surface area contributed by atoms with Crippen LogP contribution in [0.4, 0.5) is 0 Å². The number of carbonyl (C=O) groups excluding carboxylic acids is 2. The molecular formula is C9H15NO4. The van der Waals surface area contributed by atoms with E-state index in [1.807, 2.05) is 20.8 Å². The topological polar surface area (TPSA) is 65.0 Å². The summed E-state index contributed by atoms with van der Waals surface area (Å²) in [5, 5.41) is 0. The van der Waals surface area contributed by atoms with E-state index in [1.165, 1.54) is 13.2 Å². The van der Waals surface area contributed by atoms with Crippen molar-refractivity contribution in [2.75, 3.05) is 13.7 Å². The van der Waals surface area contributed by atoms with Crippen LogP contribution in [0.25, 0.3) is 0 Å². The second-order valence-electron chi connectivity index (χ2n) is 3.68. The average Bonchev–Trinajstić information content (AvgIpc) is 2.09. The van der Waals surface area contributed by atoms with Crippen molar-refractivity contribution in [3.05, 3.63) is 0 Å². The van der Waals surface area contributed by atoms with Gasteiger partial charge in [-0.1, -0.05) is 0 Å². The van der Waals surface area contributed by atoms with Gasteiger partial charge in [0.2, 0.25) is 6.08 Å². The maximum atomic E-state index is 11.0. The second kappa shape index (κ2) is 5.52. The molecule has 0 aromatic carbocycles. The van der Waals surface area contributed by atoms with Crippen molar-refractivity contribution in [2.45, 2.75) is 32.4 Å². The number of nitrogens with zero attached hydrogens (tertiary/aromatic N) is 1. The highest BCUT2D eigenvalue weighted by Crippen LogP contribution is 2.08. The van der Waals surface area contributed by atoms with Crippen LogP contribution in [-0.4, -0.2) is 37.4 Å². The Morgan fingerprint density at radius 3 is 2.43 bits per heavy atom. The number of hydrogen-bond acceptors (Lipinski definition) is 5. The van der Waals surface area contributed by atoms with Crippen LogP contribution >= 0.6 is 0 Å². The summed E-state index contributed by atoms with van der Waals surface area (Å²) >= 11 is 0. The molecule has 0 aromatic heterocycles. The molecule has 5 heteroatoms. The van der Waals surface area contributed by atoms with Gasteiger partial charge in [0, 0.05) is 0 Å². The SMILES string of the molecule is COC(=O)[C@H](COC(C)(C)C)N=C=O. The van der Waals surface area contributed by atoms with Crippen LogP contribution in [0, 0.1) is 0 Å². The summed E-state index contributed by atoms with van der Waals surface area (Å²) in [6.07, 6.45) is 1.31. The lowest BCUT2D eigenvalue weighted by molar-refractivity contribution is -0.144. The van der Waals surface area contributed by atoms with E-state index in [9.17, 15) is 9.59 Å². The van der Waals surface area contributed by atoms with Gasteiger partial charge in [0.15, 0.2) is 6.04 Å². The van der Waals surface area contributed by atoms with Crippen molar-refractivity contribution in [1.29, 1.82) is 0 Å². The fourth-order valence-electron chi connectivity index (χ4n) is 0.687. The molecule has 0 spiro atoms. The molecule has 0 radical (unpaired) electrons. The number of isocyanates is 1. The molecule has 14 heavy (non-hydrogen) atoms. The fourth-order valence-corrected chi connectivity index (χ4v) is 0.687. The number of methoxy groups -OCH3 is 1. The third kappa shape index (κ3) is 5.45. The number of rotatable bonds is 4. The summed E-state index contributed by atoms with van der Waals surface area (Å²) < 4.78 is 9.73. The van der Waals surface area contributed by atoms with Crippen LogP contribution in [0.1, 0.15) is 20.8 Å². The minimum Gasteiger partial charge on any atom is -0.467 e. The van der Waals surface area contributed by atoms with Crippen LogP contribution in [0.5, 0.6) is 0 Å². The Hall–Kier alpha value is -1.19. The van der Waals surface area contributed by atoms with E-state index in [0.29, 0.717) is 0 Å². The number of aliphatic imine (C=N–C) groups is 1. The Morgan fingerprint density at radius 2 is 2.07 bits per heavy atom. The highest BCUT2D eigenvalue weighted by atomic mass is 16.5. The molecule has 0 fully saturated rings. The van der Waals surface area contributed by atoms with E-state index >= 15 is 0 Å². The zero-order valence-electron chi connectivity index (χ0n) is 8.86. The number of esters is 1. The Morgan fingerprint density at radius 1 is 1.50 bits per heavy atom. The maximum Gasteiger partial charge on any atom is 0.333 e. The lowest BCUT2D eigenvalue weighted by Crippen LogP contribution is -2.31. The minimum absolute atomic E-state index is 0.0193. The number of carbonyl (C=O) groups is 1. The summed E-state index contributed by atoms with van der Waals surface area (Å²) in [4.78, 5) is 24.3. The van der Waals surface area contributed by atoms with E-state index in [1.54, 1.807) is 0 Å². The van der Waals surface area contributed by atoms with Crippen molar-refractivity contribution >= 4 is 12.0 Å². The van der Waals surface area contributed by atoms with Gasteiger partial charge in [-0.15, -0.1) is 0 Å². The molecule has 1 atom stereocenters. The van der Waals surface area contributed by atoms with Gasteiger partial charge >= 0.3 is 5.97 Å². The molecule has 0 heterocycles. The molecule has 0 aromatic rings. The molecular weight excluding hydrogens is 186 g/mol. The predicted octanol–water partition coefficient (Wildman–Crippen LogP) is 0.679. The molecule has 0 bridgehead atoms. The standard InChI is InChI=1S/C9H15NO4/c1-9(2,3)14-5-7(10-6-11)8(12)13-4/h7H,5H2,1-4H3/t7-/m0/s1. The Bertz CT molecular complexity index is 238. The smallest absolute Gasteiger partial charge is 0.333 e. The molecule has 0 unspecified atom stereocenters. The lowest BCUT2D eigenvalue weighted by Gasteiger charge is -2.20. The zero-order chi connectivity index (χ0) is 11.2. The summed E-state index contributed by atoms with van der Waals surface area (Å²) in [6, 6.07) is -0.920. The van der Waals surface area contributed by atoms with Gasteiger partial charge in [-0.05, 0) is 20.8 Å². The first-order chi connectivity index (χ1) is 6.40. The number of ether oxygens (including phenoxy) is 2. The Kier molecular flexibility index (Phi) is 5.05. The molecule has 0 saturated heterocycles. The predicted molar refractivity (Wildman–Crippen MR) is 49.6 cm³/mol. The van der Waals surface area contributed by atoms with Gasteiger partial charge in [-0.2, -0.15) is 4.99 Å². The molecule has 0 N–H and O–H groups in total. The van der Waals surface area contributed by atoms with Crippen LogP contribution < -0.4 is 0 Å². The first kappa shape index (κ1) is 12.8. The molecule has 0 amide bonds. The van der Waals surface area contributed by atoms with Crippen LogP contribution in [0.15, 0.2) is 4.99 Å². The van der Waals surface area contributed by atoms with Gasteiger partial charge < -0.3 is 9.47 Å². The third-order valence-electron chi connectivity index (χ3n) is 1.36. The molecule has 0 aliphatic rings. The first-order valence-electron chi connectivity index (χ1n) is 4.19. The Labute approximate surface area is 83.1 Å². The third-order valence-corrected chi connectivity index (χ3v) is 1.36. The van der Waals surface area contributed by atoms with Gasteiger partial charge in [0.05, 0.1) is 19.3 Å². The van der Waals surface area contributed by atoms with E-state index in [2.05, 4.69) is 9.73 Å². The molecule has 0 aliphatic carbocycles. The number of hydrogen-bond donors (Lipinski definition) is 0. The first-order valence-corrected chi connectivity index (χ1v) is 4.19. The summed E-state index contributed by atoms with van der Waals surface area (Å²) in [6.45, 7) is 5.54. The van der Waals surface area contributed by atoms with Crippen LogP contribution in [0.3, 0.4) is 0 Å². The average molecular weight is 201 g/mol. The highest BCUT2D eigenvalue weighted by Gasteiger charge is 2.21. The second-order valence-corrected chi connectivity index (χ2v) is 3.68. The van der Waals surface area contributed by atoms with E-state index in [-0.39, 0.29) is 12.2 Å². The zero-order valence-corrected chi connectivity index (χ0v) is 8.86. The summed E-state index contributed by atoms with van der Waals surface area (Å²) in [5.74, 6) is -0.599. The largest absolute Gasteiger partial charge is 0.467 e. The fraction of sp³-hybridized carbons (Fsp3) is 0.778. The molecule has 80 valence electrons. The normalized spacial score (nSPS) is 12.9. The molecule has 5 nitrogen and oxygen atoms in total. The van der Waals surface area contributed by atoms with Crippen molar-refractivity contribution in [2.24, 2.45) is 4.99 Å². The molecule has 0 rings (SSSR count). The van der Waals surface area contributed by atoms with Gasteiger partial charge in [-0.25, -0.2) is 9.59 Å². The van der Waals surface area contributed by atoms with Gasteiger partial charge in [-0.3, -0.25) is 0 Å². The molecule has 0 aliphatic heterocycles. The Balaban J connectivity index is 4.25. The van der Waals surface area contributed by atoms with Crippen molar-refractivity contribution in [1.82, 2.24) is 0 Å². The van der Waals surface area contributed by atoms with Crippen molar-refractivity contribution in [3.63, 3.8) is 0 Å². The van der Waals surface area contributed by atoms with Gasteiger partial charge in [0.25, 0.3) is 0 Å². The summed E-state index contributed by atoms with van der Waals surface area (Å²) in [7, 11) is 1.23. The minimum atomic E-state index is -0.920. The molecule has 0 saturated carbocycles.